The van der Waals surface area contributed by atoms with Crippen molar-refractivity contribution in [1.29, 1.82) is 0 Å². The Bertz CT molecular complexity index is 866. The van der Waals surface area contributed by atoms with E-state index in [0.29, 0.717) is 12.5 Å². The van der Waals surface area contributed by atoms with Gasteiger partial charge in [-0.1, -0.05) is 12.1 Å². The van der Waals surface area contributed by atoms with Gasteiger partial charge in [-0.2, -0.15) is 0 Å². The molecule has 8 rings (SSSR count). The Balaban J connectivity index is 1.01. The zero-order valence-electron chi connectivity index (χ0n) is 20.5. The van der Waals surface area contributed by atoms with E-state index in [4.69, 9.17) is 14.5 Å². The predicted octanol–water partition coefficient (Wildman–Crippen LogP) is 5.12. The van der Waals surface area contributed by atoms with E-state index in [-0.39, 0.29) is 11.2 Å². The molecule has 5 nitrogen and oxygen atoms in total. The summed E-state index contributed by atoms with van der Waals surface area (Å²) in [6, 6.07) is 8.65. The third kappa shape index (κ3) is 3.73. The molecular weight excluding hydrogens is 426 g/mol. The van der Waals surface area contributed by atoms with Crippen LogP contribution in [0.1, 0.15) is 88.5 Å². The van der Waals surface area contributed by atoms with Crippen molar-refractivity contribution in [3.63, 3.8) is 0 Å². The number of aliphatic hydroxyl groups is 1. The van der Waals surface area contributed by atoms with Crippen molar-refractivity contribution in [3.05, 3.63) is 29.8 Å². The molecule has 1 unspecified atom stereocenters. The van der Waals surface area contributed by atoms with Crippen molar-refractivity contribution in [1.82, 2.24) is 5.32 Å². The molecule has 5 saturated carbocycles. The molecule has 2 aliphatic heterocycles. The van der Waals surface area contributed by atoms with Gasteiger partial charge in [0.1, 0.15) is 29.2 Å². The SMILES string of the molecule is OC1(COc2ccc(C3CCC[C@@]4(C3)CC3(OO4)C4CC5CC(C4)CC3C5)cc2)CCNCC1. The number of piperidine rings is 1. The maximum Gasteiger partial charge on any atom is 0.119 e. The molecule has 5 heteroatoms. The van der Waals surface area contributed by atoms with E-state index >= 15 is 0 Å². The van der Waals surface area contributed by atoms with E-state index in [1.54, 1.807) is 0 Å². The quantitative estimate of drug-likeness (QED) is 0.602. The van der Waals surface area contributed by atoms with Crippen LogP contribution in [0, 0.1) is 23.7 Å². The number of benzene rings is 1. The van der Waals surface area contributed by atoms with Crippen LogP contribution in [0.4, 0.5) is 0 Å². The van der Waals surface area contributed by atoms with Crippen LogP contribution in [0.25, 0.3) is 0 Å². The molecule has 1 aromatic rings. The van der Waals surface area contributed by atoms with Crippen LogP contribution in [-0.2, 0) is 9.78 Å². The van der Waals surface area contributed by atoms with Gasteiger partial charge in [0.15, 0.2) is 0 Å². The first-order valence-electron chi connectivity index (χ1n) is 14.1. The summed E-state index contributed by atoms with van der Waals surface area (Å²) in [5.41, 5.74) is 0.614. The largest absolute Gasteiger partial charge is 0.491 e. The molecule has 5 aliphatic carbocycles. The highest BCUT2D eigenvalue weighted by Crippen LogP contribution is 2.65. The van der Waals surface area contributed by atoms with Gasteiger partial charge in [0, 0.05) is 6.42 Å². The number of nitrogens with one attached hydrogen (secondary N) is 1. The van der Waals surface area contributed by atoms with Gasteiger partial charge >= 0.3 is 0 Å². The van der Waals surface area contributed by atoms with Gasteiger partial charge in [-0.25, -0.2) is 9.78 Å². The third-order valence-corrected chi connectivity index (χ3v) is 10.7. The lowest BCUT2D eigenvalue weighted by Gasteiger charge is -2.58. The third-order valence-electron chi connectivity index (χ3n) is 10.7. The molecule has 2 heterocycles. The van der Waals surface area contributed by atoms with E-state index in [0.717, 1.165) is 74.6 Å². The second-order valence-corrected chi connectivity index (χ2v) is 12.9. The zero-order valence-corrected chi connectivity index (χ0v) is 20.5. The van der Waals surface area contributed by atoms with Crippen molar-refractivity contribution >= 4 is 0 Å². The highest BCUT2D eigenvalue weighted by atomic mass is 17.2. The summed E-state index contributed by atoms with van der Waals surface area (Å²) in [4.78, 5) is 12.9. The molecule has 7 fully saturated rings. The van der Waals surface area contributed by atoms with Gasteiger partial charge in [-0.15, -0.1) is 0 Å². The van der Waals surface area contributed by atoms with Crippen LogP contribution in [0.3, 0.4) is 0 Å². The summed E-state index contributed by atoms with van der Waals surface area (Å²) in [5.74, 6) is 4.76. The Hall–Kier alpha value is -1.14. The Morgan fingerprint density at radius 3 is 2.32 bits per heavy atom. The Labute approximate surface area is 203 Å². The van der Waals surface area contributed by atoms with Crippen molar-refractivity contribution in [3.8, 4) is 5.75 Å². The number of hydrogen-bond acceptors (Lipinski definition) is 5. The van der Waals surface area contributed by atoms with E-state index in [2.05, 4.69) is 29.6 Å². The minimum Gasteiger partial charge on any atom is -0.491 e. The minimum absolute atomic E-state index is 0.0158. The maximum absolute atomic E-state index is 10.7. The second-order valence-electron chi connectivity index (χ2n) is 12.9. The van der Waals surface area contributed by atoms with Gasteiger partial charge in [-0.3, -0.25) is 0 Å². The fraction of sp³-hybridized carbons (Fsp3) is 0.793. The van der Waals surface area contributed by atoms with Crippen LogP contribution in [0.2, 0.25) is 0 Å². The van der Waals surface area contributed by atoms with E-state index in [9.17, 15) is 5.11 Å². The average molecular weight is 468 g/mol. The first-order valence-corrected chi connectivity index (χ1v) is 14.1. The summed E-state index contributed by atoms with van der Waals surface area (Å²) < 4.78 is 5.99. The molecule has 2 atom stereocenters. The predicted molar refractivity (Wildman–Crippen MR) is 129 cm³/mol. The lowest BCUT2D eigenvalue weighted by molar-refractivity contribution is -0.385. The van der Waals surface area contributed by atoms with Crippen LogP contribution in [0.5, 0.6) is 5.75 Å². The monoisotopic (exact) mass is 467 g/mol. The fourth-order valence-corrected chi connectivity index (χ4v) is 9.07. The van der Waals surface area contributed by atoms with Crippen LogP contribution in [-0.4, -0.2) is 41.6 Å². The minimum atomic E-state index is -0.701. The fourth-order valence-electron chi connectivity index (χ4n) is 9.07. The topological polar surface area (TPSA) is 60.0 Å². The highest BCUT2D eigenvalue weighted by Gasteiger charge is 2.65. The highest BCUT2D eigenvalue weighted by molar-refractivity contribution is 5.30. The van der Waals surface area contributed by atoms with Gasteiger partial charge in [0.2, 0.25) is 0 Å². The summed E-state index contributed by atoms with van der Waals surface area (Å²) in [5, 5.41) is 14.0. The van der Waals surface area contributed by atoms with Gasteiger partial charge in [-0.05, 0) is 131 Å². The Kier molecular flexibility index (Phi) is 5.32. The second kappa shape index (κ2) is 8.19. The zero-order chi connectivity index (χ0) is 22.8. The van der Waals surface area contributed by atoms with Gasteiger partial charge in [0.05, 0.1) is 0 Å². The van der Waals surface area contributed by atoms with E-state index in [1.165, 1.54) is 50.5 Å². The Morgan fingerprint density at radius 2 is 1.62 bits per heavy atom. The first kappa shape index (κ1) is 22.1. The number of rotatable bonds is 4. The van der Waals surface area contributed by atoms with Crippen LogP contribution < -0.4 is 10.1 Å². The lowest BCUT2D eigenvalue weighted by Crippen LogP contribution is -2.58. The molecule has 2 spiro atoms. The molecule has 2 saturated heterocycles. The van der Waals surface area contributed by atoms with Crippen molar-refractivity contribution in [2.24, 2.45) is 23.7 Å². The van der Waals surface area contributed by atoms with Crippen LogP contribution in [0.15, 0.2) is 24.3 Å². The molecule has 4 bridgehead atoms. The molecule has 34 heavy (non-hydrogen) atoms. The van der Waals surface area contributed by atoms with E-state index in [1.807, 2.05) is 0 Å². The normalized spacial score (nSPS) is 44.7. The molecule has 0 aromatic heterocycles. The molecule has 7 aliphatic rings. The molecule has 2 N–H and O–H groups in total. The van der Waals surface area contributed by atoms with Crippen LogP contribution >= 0.6 is 0 Å². The van der Waals surface area contributed by atoms with Crippen molar-refractivity contribution < 1.29 is 19.6 Å². The number of ether oxygens (including phenoxy) is 1. The molecule has 0 amide bonds. The summed E-state index contributed by atoms with van der Waals surface area (Å²) in [6.45, 7) is 2.09. The summed E-state index contributed by atoms with van der Waals surface area (Å²) >= 11 is 0. The van der Waals surface area contributed by atoms with Crippen molar-refractivity contribution in [2.45, 2.75) is 99.8 Å². The molecular formula is C29H41NO4. The molecule has 0 radical (unpaired) electrons. The molecule has 186 valence electrons. The van der Waals surface area contributed by atoms with Gasteiger partial charge in [0.25, 0.3) is 0 Å². The smallest absolute Gasteiger partial charge is 0.119 e. The number of hydrogen-bond donors (Lipinski definition) is 2. The first-order chi connectivity index (χ1) is 16.5. The maximum atomic E-state index is 10.7. The van der Waals surface area contributed by atoms with E-state index < -0.39 is 5.60 Å². The standard InChI is InChI=1S/C29H41NO4/c31-27(8-10-30-11-9-27)19-32-26-5-3-22(4-6-26)23-2-1-7-28(17-23)18-29(34-33-28)24-13-20-12-21(15-24)16-25(29)14-20/h3-6,20-21,23-25,30-31H,1-2,7-19H2/t20?,21?,23?,24?,25?,28-,29?/m1/s1. The van der Waals surface area contributed by atoms with Gasteiger partial charge < -0.3 is 15.2 Å². The summed E-state index contributed by atoms with van der Waals surface area (Å²) in [6.07, 6.45) is 14.3. The molecule has 1 aromatic carbocycles. The average Bonchev–Trinajstić information content (AvgIpc) is 3.21. The lowest BCUT2D eigenvalue weighted by atomic mass is 9.48. The van der Waals surface area contributed by atoms with Crippen molar-refractivity contribution in [2.75, 3.05) is 19.7 Å². The summed E-state index contributed by atoms with van der Waals surface area (Å²) in [7, 11) is 0. The Morgan fingerprint density at radius 1 is 0.912 bits per heavy atom.